The molecule has 1 aliphatic rings. The summed E-state index contributed by atoms with van der Waals surface area (Å²) in [7, 11) is 1.53. The van der Waals surface area contributed by atoms with Gasteiger partial charge in [-0.15, -0.1) is 11.3 Å². The molecule has 2 heterocycles. The summed E-state index contributed by atoms with van der Waals surface area (Å²) < 4.78 is 10.6. The van der Waals surface area contributed by atoms with Crippen LogP contribution in [0.5, 0.6) is 0 Å². The number of pyridine rings is 1. The number of hydrogen-bond acceptors (Lipinski definition) is 7. The summed E-state index contributed by atoms with van der Waals surface area (Å²) in [5.41, 5.74) is 3.82. The first-order valence-electron chi connectivity index (χ1n) is 10.8. The van der Waals surface area contributed by atoms with Gasteiger partial charge < -0.3 is 14.8 Å². The lowest BCUT2D eigenvalue weighted by Gasteiger charge is -2.17. The van der Waals surface area contributed by atoms with E-state index in [9.17, 15) is 14.9 Å². The molecular formula is C25H25N3O4S. The van der Waals surface area contributed by atoms with Crippen LogP contribution in [0.1, 0.15) is 51.0 Å². The summed E-state index contributed by atoms with van der Waals surface area (Å²) in [5, 5.41) is 13.7. The Morgan fingerprint density at radius 3 is 2.88 bits per heavy atom. The van der Waals surface area contributed by atoms with Gasteiger partial charge in [-0.1, -0.05) is 25.1 Å². The number of rotatable bonds is 6. The molecule has 1 unspecified atom stereocenters. The van der Waals surface area contributed by atoms with Gasteiger partial charge in [0.2, 0.25) is 0 Å². The van der Waals surface area contributed by atoms with Crippen LogP contribution in [0.4, 0.5) is 5.00 Å². The van der Waals surface area contributed by atoms with E-state index in [1.54, 1.807) is 0 Å². The Labute approximate surface area is 196 Å². The van der Waals surface area contributed by atoms with Crippen LogP contribution in [0.2, 0.25) is 0 Å². The smallest absolute Gasteiger partial charge is 0.340 e. The van der Waals surface area contributed by atoms with Gasteiger partial charge in [0, 0.05) is 17.4 Å². The van der Waals surface area contributed by atoms with Crippen molar-refractivity contribution in [3.8, 4) is 6.07 Å². The fourth-order valence-corrected chi connectivity index (χ4v) is 5.65. The molecule has 0 radical (unpaired) electrons. The minimum atomic E-state index is -0.632. The average molecular weight is 464 g/mol. The molecule has 0 bridgehead atoms. The van der Waals surface area contributed by atoms with Crippen molar-refractivity contribution in [3.05, 3.63) is 57.1 Å². The largest absolute Gasteiger partial charge is 0.452 e. The number of carbonyl (C=O) groups is 2. The van der Waals surface area contributed by atoms with Gasteiger partial charge >= 0.3 is 5.97 Å². The number of aromatic nitrogens is 1. The molecule has 7 nitrogen and oxygen atoms in total. The number of nitrogens with zero attached hydrogens (tertiary/aromatic N) is 2. The van der Waals surface area contributed by atoms with Crippen molar-refractivity contribution < 1.29 is 19.1 Å². The van der Waals surface area contributed by atoms with E-state index in [2.05, 4.69) is 23.3 Å². The molecule has 170 valence electrons. The number of nitrogens with one attached hydrogen (secondary N) is 1. The summed E-state index contributed by atoms with van der Waals surface area (Å²) in [4.78, 5) is 31.2. The maximum Gasteiger partial charge on any atom is 0.340 e. The Morgan fingerprint density at radius 1 is 1.33 bits per heavy atom. The third-order valence-corrected chi connectivity index (χ3v) is 7.09. The number of nitriles is 1. The number of esters is 1. The highest BCUT2D eigenvalue weighted by Gasteiger charge is 2.25. The van der Waals surface area contributed by atoms with Gasteiger partial charge in [-0.3, -0.25) is 4.79 Å². The molecule has 33 heavy (non-hydrogen) atoms. The van der Waals surface area contributed by atoms with Crippen molar-refractivity contribution in [2.24, 2.45) is 5.92 Å². The van der Waals surface area contributed by atoms with Crippen LogP contribution in [0.3, 0.4) is 0 Å². The van der Waals surface area contributed by atoms with E-state index in [1.807, 2.05) is 31.2 Å². The van der Waals surface area contributed by atoms with Gasteiger partial charge in [0.25, 0.3) is 5.91 Å². The highest BCUT2D eigenvalue weighted by atomic mass is 32.1. The highest BCUT2D eigenvalue weighted by Crippen LogP contribution is 2.39. The fraction of sp³-hybridized carbons (Fsp3) is 0.360. The second-order valence-electron chi connectivity index (χ2n) is 8.30. The van der Waals surface area contributed by atoms with E-state index < -0.39 is 18.5 Å². The van der Waals surface area contributed by atoms with E-state index in [0.29, 0.717) is 27.7 Å². The topological polar surface area (TPSA) is 101 Å². The molecule has 0 aliphatic heterocycles. The molecule has 0 saturated heterocycles. The summed E-state index contributed by atoms with van der Waals surface area (Å²) in [6.45, 7) is 3.71. The summed E-state index contributed by atoms with van der Waals surface area (Å²) in [6, 6.07) is 9.75. The van der Waals surface area contributed by atoms with Crippen molar-refractivity contribution in [1.29, 1.82) is 5.26 Å². The standard InChI is InChI=1S/C25H25N3O4S/c1-14-8-9-17-18(11-26)24(33-21(17)10-14)28-22(29)13-32-25(30)23-15(2)16-6-4-5-7-19(16)27-20(23)12-31-3/h4-7,14H,8-10,12-13H2,1-3H3,(H,28,29). The van der Waals surface area contributed by atoms with Crippen LogP contribution in [0, 0.1) is 24.2 Å². The number of hydrogen-bond donors (Lipinski definition) is 1. The second kappa shape index (κ2) is 9.69. The van der Waals surface area contributed by atoms with Gasteiger partial charge in [-0.25, -0.2) is 9.78 Å². The van der Waals surface area contributed by atoms with E-state index in [-0.39, 0.29) is 6.61 Å². The van der Waals surface area contributed by atoms with Crippen molar-refractivity contribution in [1.82, 2.24) is 4.98 Å². The first kappa shape index (κ1) is 22.9. The van der Waals surface area contributed by atoms with Crippen LogP contribution in [0.25, 0.3) is 10.9 Å². The normalized spacial score (nSPS) is 15.0. The minimum absolute atomic E-state index is 0.146. The van der Waals surface area contributed by atoms with Gasteiger partial charge in [-0.2, -0.15) is 5.26 Å². The Bertz CT molecular complexity index is 1270. The van der Waals surface area contributed by atoms with Crippen LogP contribution in [-0.2, 0) is 33.7 Å². The number of fused-ring (bicyclic) bond motifs is 2. The summed E-state index contributed by atoms with van der Waals surface area (Å²) in [6.07, 6.45) is 2.79. The van der Waals surface area contributed by atoms with E-state index in [0.717, 1.165) is 46.2 Å². The van der Waals surface area contributed by atoms with Gasteiger partial charge in [-0.05, 0) is 49.3 Å². The zero-order valence-electron chi connectivity index (χ0n) is 18.9. The van der Waals surface area contributed by atoms with Gasteiger partial charge in [0.05, 0.1) is 28.9 Å². The lowest BCUT2D eigenvalue weighted by atomic mass is 9.89. The van der Waals surface area contributed by atoms with Crippen LogP contribution in [-0.4, -0.2) is 30.6 Å². The van der Waals surface area contributed by atoms with Crippen molar-refractivity contribution >= 4 is 39.1 Å². The van der Waals surface area contributed by atoms with Crippen molar-refractivity contribution in [2.45, 2.75) is 39.7 Å². The van der Waals surface area contributed by atoms with E-state index >= 15 is 0 Å². The lowest BCUT2D eigenvalue weighted by molar-refractivity contribution is -0.119. The maximum atomic E-state index is 12.9. The molecule has 8 heteroatoms. The molecule has 1 atom stereocenters. The molecule has 0 fully saturated rings. The number of ether oxygens (including phenoxy) is 2. The molecule has 1 amide bonds. The molecular weight excluding hydrogens is 438 g/mol. The SMILES string of the molecule is COCc1nc2ccccc2c(C)c1C(=O)OCC(=O)Nc1sc2c(c1C#N)CCC(C)C2. The first-order chi connectivity index (χ1) is 15.9. The number of para-hydroxylation sites is 1. The van der Waals surface area contributed by atoms with E-state index in [1.165, 1.54) is 18.4 Å². The third-order valence-electron chi connectivity index (χ3n) is 5.92. The predicted molar refractivity (Wildman–Crippen MR) is 126 cm³/mol. The lowest BCUT2D eigenvalue weighted by Crippen LogP contribution is -2.22. The van der Waals surface area contributed by atoms with E-state index in [4.69, 9.17) is 9.47 Å². The Hall–Kier alpha value is -3.28. The second-order valence-corrected chi connectivity index (χ2v) is 9.41. The Balaban J connectivity index is 1.50. The molecule has 1 aliphatic carbocycles. The molecule has 3 aromatic rings. The minimum Gasteiger partial charge on any atom is -0.452 e. The quantitative estimate of drug-likeness (QED) is 0.539. The molecule has 2 aromatic heterocycles. The van der Waals surface area contributed by atoms with Crippen molar-refractivity contribution in [2.75, 3.05) is 19.0 Å². The number of carbonyl (C=O) groups excluding carboxylic acids is 2. The summed E-state index contributed by atoms with van der Waals surface area (Å²) >= 11 is 1.44. The summed E-state index contributed by atoms with van der Waals surface area (Å²) in [5.74, 6) is -0.550. The van der Waals surface area contributed by atoms with Gasteiger partial charge in [0.1, 0.15) is 11.1 Å². The maximum absolute atomic E-state index is 12.9. The number of anilines is 1. The highest BCUT2D eigenvalue weighted by molar-refractivity contribution is 7.16. The number of methoxy groups -OCH3 is 1. The molecule has 0 saturated carbocycles. The zero-order valence-corrected chi connectivity index (χ0v) is 19.7. The predicted octanol–water partition coefficient (Wildman–Crippen LogP) is 4.54. The Kier molecular flexibility index (Phi) is 6.72. The number of amides is 1. The first-order valence-corrected chi connectivity index (χ1v) is 11.6. The molecule has 1 aromatic carbocycles. The van der Waals surface area contributed by atoms with Crippen molar-refractivity contribution in [3.63, 3.8) is 0 Å². The monoisotopic (exact) mass is 463 g/mol. The van der Waals surface area contributed by atoms with Crippen LogP contribution in [0.15, 0.2) is 24.3 Å². The fourth-order valence-electron chi connectivity index (χ4n) is 4.28. The molecule has 1 N–H and O–H groups in total. The third kappa shape index (κ3) is 4.61. The van der Waals surface area contributed by atoms with Crippen LogP contribution < -0.4 is 5.32 Å². The molecule has 0 spiro atoms. The number of benzene rings is 1. The zero-order chi connectivity index (χ0) is 23.5. The number of thiophene rings is 1. The van der Waals surface area contributed by atoms with Gasteiger partial charge in [0.15, 0.2) is 6.61 Å². The Morgan fingerprint density at radius 2 is 2.12 bits per heavy atom. The average Bonchev–Trinajstić information content (AvgIpc) is 3.13. The molecule has 4 rings (SSSR count). The van der Waals surface area contributed by atoms with Crippen LogP contribution >= 0.6 is 11.3 Å². The number of aryl methyl sites for hydroxylation is 1.